The van der Waals surface area contributed by atoms with Crippen LogP contribution in [0.5, 0.6) is 0 Å². The number of anilines is 1. The molecule has 2 aliphatic heterocycles. The molecule has 36 heavy (non-hydrogen) atoms. The Hall–Kier alpha value is -2.37. The van der Waals surface area contributed by atoms with Crippen molar-refractivity contribution in [3.8, 4) is 0 Å². The molecule has 0 unspecified atom stereocenters. The summed E-state index contributed by atoms with van der Waals surface area (Å²) in [6, 6.07) is 10.2. The lowest BCUT2D eigenvalue weighted by Gasteiger charge is -2.37. The molecule has 0 amide bonds. The first-order valence-corrected chi connectivity index (χ1v) is 15.5. The molecule has 10 heteroatoms. The smallest absolute Gasteiger partial charge is 0.197 e. The summed E-state index contributed by atoms with van der Waals surface area (Å²) in [6.45, 7) is 16.2. The summed E-state index contributed by atoms with van der Waals surface area (Å²) in [6.07, 6.45) is 2.16. The fourth-order valence-electron chi connectivity index (χ4n) is 4.50. The standard InChI is InChI=1S/C26H37N5O4Si/c1-25(2,3)36(6,7)32-15-19-21-22(35-26(4,5)34-21)20(33-19)18-14-28-24-23(29-16-30-31(18)24)27-13-17-11-9-8-10-12-17/h8-12,14,16,19-22H,13,15H2,1-7H3,(H,27,29,30)/t19-,20+,21-,22+/m1/s1. The fourth-order valence-corrected chi connectivity index (χ4v) is 5.51. The van der Waals surface area contributed by atoms with E-state index in [1.165, 1.54) is 6.33 Å². The van der Waals surface area contributed by atoms with Gasteiger partial charge in [0, 0.05) is 6.54 Å². The second-order valence-corrected chi connectivity index (χ2v) is 16.4. The molecule has 4 heterocycles. The molecular formula is C26H37N5O4Si. The van der Waals surface area contributed by atoms with Gasteiger partial charge in [0.15, 0.2) is 25.6 Å². The zero-order valence-corrected chi connectivity index (χ0v) is 23.2. The largest absolute Gasteiger partial charge is 0.414 e. The van der Waals surface area contributed by atoms with Crippen LogP contribution in [0.15, 0.2) is 42.9 Å². The van der Waals surface area contributed by atoms with Gasteiger partial charge in [-0.05, 0) is 37.5 Å². The van der Waals surface area contributed by atoms with E-state index >= 15 is 0 Å². The van der Waals surface area contributed by atoms with E-state index in [1.807, 2.05) is 32.0 Å². The molecule has 1 aromatic carbocycles. The number of nitrogens with one attached hydrogen (secondary N) is 1. The lowest BCUT2D eigenvalue weighted by Crippen LogP contribution is -2.44. The third kappa shape index (κ3) is 4.80. The van der Waals surface area contributed by atoms with E-state index in [2.05, 4.69) is 66.4 Å². The van der Waals surface area contributed by atoms with Crippen LogP contribution in [-0.4, -0.2) is 58.6 Å². The van der Waals surface area contributed by atoms with Gasteiger partial charge in [0.2, 0.25) is 0 Å². The Labute approximate surface area is 213 Å². The lowest BCUT2D eigenvalue weighted by atomic mass is 10.1. The van der Waals surface area contributed by atoms with Gasteiger partial charge in [-0.2, -0.15) is 5.10 Å². The van der Waals surface area contributed by atoms with Crippen LogP contribution in [0.25, 0.3) is 5.65 Å². The third-order valence-corrected chi connectivity index (χ3v) is 12.0. The normalized spacial score (nSPS) is 25.9. The highest BCUT2D eigenvalue weighted by molar-refractivity contribution is 6.74. The summed E-state index contributed by atoms with van der Waals surface area (Å²) in [4.78, 5) is 9.07. The molecule has 2 fully saturated rings. The van der Waals surface area contributed by atoms with Crippen molar-refractivity contribution >= 4 is 19.8 Å². The molecule has 3 aromatic rings. The Bertz CT molecular complexity index is 1210. The lowest BCUT2D eigenvalue weighted by molar-refractivity contribution is -0.191. The fraction of sp³-hybridized carbons (Fsp3) is 0.577. The highest BCUT2D eigenvalue weighted by atomic mass is 28.4. The number of benzene rings is 1. The Morgan fingerprint density at radius 3 is 2.53 bits per heavy atom. The first-order chi connectivity index (χ1) is 17.0. The van der Waals surface area contributed by atoms with Gasteiger partial charge in [-0.3, -0.25) is 0 Å². The number of hydrogen-bond acceptors (Lipinski definition) is 8. The van der Waals surface area contributed by atoms with Gasteiger partial charge in [0.25, 0.3) is 0 Å². The highest BCUT2D eigenvalue weighted by Crippen LogP contribution is 2.46. The quantitative estimate of drug-likeness (QED) is 0.456. The van der Waals surface area contributed by atoms with Gasteiger partial charge in [-0.25, -0.2) is 14.5 Å². The molecule has 9 nitrogen and oxygen atoms in total. The molecule has 4 atom stereocenters. The van der Waals surface area contributed by atoms with Crippen molar-refractivity contribution in [1.29, 1.82) is 0 Å². The topological polar surface area (TPSA) is 92.0 Å². The van der Waals surface area contributed by atoms with Crippen LogP contribution in [0.4, 0.5) is 5.82 Å². The van der Waals surface area contributed by atoms with Crippen LogP contribution >= 0.6 is 0 Å². The Morgan fingerprint density at radius 2 is 1.81 bits per heavy atom. The van der Waals surface area contributed by atoms with E-state index in [-0.39, 0.29) is 23.4 Å². The van der Waals surface area contributed by atoms with Crippen LogP contribution in [0.1, 0.15) is 52.0 Å². The minimum absolute atomic E-state index is 0.110. The number of ether oxygens (including phenoxy) is 3. The maximum Gasteiger partial charge on any atom is 0.197 e. The van der Waals surface area contributed by atoms with E-state index in [0.717, 1.165) is 11.3 Å². The zero-order valence-electron chi connectivity index (χ0n) is 22.2. The van der Waals surface area contributed by atoms with Gasteiger partial charge >= 0.3 is 0 Å². The van der Waals surface area contributed by atoms with E-state index in [4.69, 9.17) is 18.6 Å². The minimum Gasteiger partial charge on any atom is -0.414 e. The molecule has 0 bridgehead atoms. The zero-order chi connectivity index (χ0) is 25.7. The van der Waals surface area contributed by atoms with Crippen LogP contribution in [0, 0.1) is 0 Å². The Balaban J connectivity index is 1.39. The first-order valence-electron chi connectivity index (χ1n) is 12.6. The predicted octanol–water partition coefficient (Wildman–Crippen LogP) is 4.72. The van der Waals surface area contributed by atoms with Crippen molar-refractivity contribution in [2.45, 2.75) is 89.5 Å². The number of imidazole rings is 1. The predicted molar refractivity (Wildman–Crippen MR) is 139 cm³/mol. The van der Waals surface area contributed by atoms with Crippen molar-refractivity contribution in [3.63, 3.8) is 0 Å². The van der Waals surface area contributed by atoms with E-state index in [1.54, 1.807) is 10.7 Å². The number of nitrogens with zero attached hydrogens (tertiary/aromatic N) is 4. The highest BCUT2D eigenvalue weighted by Gasteiger charge is 2.56. The van der Waals surface area contributed by atoms with E-state index < -0.39 is 20.2 Å². The summed E-state index contributed by atoms with van der Waals surface area (Å²) < 4.78 is 27.5. The maximum absolute atomic E-state index is 6.56. The van der Waals surface area contributed by atoms with Crippen LogP contribution in [0.3, 0.4) is 0 Å². The van der Waals surface area contributed by atoms with Crippen LogP contribution in [0.2, 0.25) is 18.1 Å². The summed E-state index contributed by atoms with van der Waals surface area (Å²) >= 11 is 0. The van der Waals surface area contributed by atoms with Crippen molar-refractivity contribution in [1.82, 2.24) is 19.6 Å². The van der Waals surface area contributed by atoms with E-state index in [0.29, 0.717) is 24.6 Å². The summed E-state index contributed by atoms with van der Waals surface area (Å²) in [5, 5.41) is 7.99. The molecule has 0 radical (unpaired) electrons. The molecular weight excluding hydrogens is 474 g/mol. The first kappa shape index (κ1) is 25.3. The second-order valence-electron chi connectivity index (χ2n) is 11.6. The number of rotatable bonds is 7. The van der Waals surface area contributed by atoms with Crippen molar-refractivity contribution in [3.05, 3.63) is 54.1 Å². The van der Waals surface area contributed by atoms with E-state index in [9.17, 15) is 0 Å². The van der Waals surface area contributed by atoms with Gasteiger partial charge in [0.1, 0.15) is 30.7 Å². The SMILES string of the molecule is CC1(C)O[C@@H]2[C@H](O1)[C@@H](CO[Si](C)(C)C(C)(C)C)O[C@H]2c1cnc2c(NCc3ccccc3)ncnn12. The summed E-state index contributed by atoms with van der Waals surface area (Å²) in [5.41, 5.74) is 2.61. The maximum atomic E-state index is 6.56. The third-order valence-electron chi connectivity index (χ3n) is 7.49. The molecule has 194 valence electrons. The van der Waals surface area contributed by atoms with Crippen LogP contribution < -0.4 is 5.32 Å². The molecule has 5 rings (SSSR count). The average molecular weight is 512 g/mol. The number of fused-ring (bicyclic) bond motifs is 2. The monoisotopic (exact) mass is 511 g/mol. The van der Waals surface area contributed by atoms with Crippen molar-refractivity contribution in [2.24, 2.45) is 0 Å². The molecule has 0 spiro atoms. The van der Waals surface area contributed by atoms with Gasteiger partial charge < -0.3 is 24.0 Å². The van der Waals surface area contributed by atoms with Gasteiger partial charge in [-0.15, -0.1) is 0 Å². The molecule has 2 aromatic heterocycles. The Morgan fingerprint density at radius 1 is 1.08 bits per heavy atom. The number of hydrogen-bond donors (Lipinski definition) is 1. The van der Waals surface area contributed by atoms with Gasteiger partial charge in [0.05, 0.1) is 18.5 Å². The Kier molecular flexibility index (Phi) is 6.45. The molecule has 1 N–H and O–H groups in total. The van der Waals surface area contributed by atoms with Gasteiger partial charge in [-0.1, -0.05) is 51.1 Å². The molecule has 2 saturated heterocycles. The average Bonchev–Trinajstić information content (AvgIpc) is 3.47. The van der Waals surface area contributed by atoms with Crippen LogP contribution in [-0.2, 0) is 25.2 Å². The molecule has 0 saturated carbocycles. The number of aromatic nitrogens is 4. The summed E-state index contributed by atoms with van der Waals surface area (Å²) in [5.74, 6) is -0.0406. The minimum atomic E-state index is -1.95. The second kappa shape index (κ2) is 9.18. The van der Waals surface area contributed by atoms with Crippen molar-refractivity contribution in [2.75, 3.05) is 11.9 Å². The van der Waals surface area contributed by atoms with Crippen molar-refractivity contribution < 1.29 is 18.6 Å². The molecule has 2 aliphatic rings. The molecule has 0 aliphatic carbocycles. The summed E-state index contributed by atoms with van der Waals surface area (Å²) in [7, 11) is -1.95.